The fourth-order valence-corrected chi connectivity index (χ4v) is 2.12. The standard InChI is InChI=1S/C18H18FNO6/c1-24-17(22)11-3-8-14(18(23)25-2)15(9-11)20-16(21)10-26-13-6-4-12(19)5-7-13/h3-9,18,23H,10H2,1-2H3,(H,20,21). The highest BCUT2D eigenvalue weighted by molar-refractivity contribution is 5.96. The molecule has 0 aliphatic rings. The van der Waals surface area contributed by atoms with Crippen molar-refractivity contribution in [3.63, 3.8) is 0 Å². The molecule has 2 aromatic rings. The SMILES string of the molecule is COC(=O)c1ccc(C(O)OC)c(NC(=O)COc2ccc(F)cc2)c1. The summed E-state index contributed by atoms with van der Waals surface area (Å²) in [6.07, 6.45) is -1.30. The van der Waals surface area contributed by atoms with E-state index in [9.17, 15) is 19.1 Å². The quantitative estimate of drug-likeness (QED) is 0.579. The van der Waals surface area contributed by atoms with Crippen LogP contribution in [0.25, 0.3) is 0 Å². The van der Waals surface area contributed by atoms with E-state index in [0.29, 0.717) is 5.75 Å². The van der Waals surface area contributed by atoms with E-state index < -0.39 is 24.0 Å². The lowest BCUT2D eigenvalue weighted by Gasteiger charge is -2.16. The van der Waals surface area contributed by atoms with Gasteiger partial charge >= 0.3 is 5.97 Å². The number of aliphatic hydroxyl groups is 1. The van der Waals surface area contributed by atoms with Crippen LogP contribution in [0, 0.1) is 5.82 Å². The summed E-state index contributed by atoms with van der Waals surface area (Å²) in [6, 6.07) is 9.44. The Morgan fingerprint density at radius 3 is 2.46 bits per heavy atom. The molecular weight excluding hydrogens is 345 g/mol. The normalized spacial score (nSPS) is 11.5. The van der Waals surface area contributed by atoms with Crippen LogP contribution in [0.5, 0.6) is 5.75 Å². The number of hydrogen-bond donors (Lipinski definition) is 2. The number of ether oxygens (including phenoxy) is 3. The van der Waals surface area contributed by atoms with E-state index in [2.05, 4.69) is 10.1 Å². The summed E-state index contributed by atoms with van der Waals surface area (Å²) in [5, 5.41) is 12.4. The molecule has 138 valence electrons. The molecule has 0 aliphatic carbocycles. The van der Waals surface area contributed by atoms with Gasteiger partial charge in [0.15, 0.2) is 12.9 Å². The molecule has 7 nitrogen and oxygen atoms in total. The molecular formula is C18H18FNO6. The van der Waals surface area contributed by atoms with E-state index in [1.165, 1.54) is 56.7 Å². The molecule has 1 unspecified atom stereocenters. The minimum Gasteiger partial charge on any atom is -0.484 e. The molecule has 0 aliphatic heterocycles. The monoisotopic (exact) mass is 363 g/mol. The van der Waals surface area contributed by atoms with Crippen LogP contribution in [0.4, 0.5) is 10.1 Å². The second-order valence-electron chi connectivity index (χ2n) is 5.17. The predicted octanol–water partition coefficient (Wildman–Crippen LogP) is 2.27. The van der Waals surface area contributed by atoms with Crippen LogP contribution in [0.1, 0.15) is 22.2 Å². The van der Waals surface area contributed by atoms with Gasteiger partial charge in [-0.05, 0) is 36.4 Å². The van der Waals surface area contributed by atoms with Crippen molar-refractivity contribution in [2.45, 2.75) is 6.29 Å². The van der Waals surface area contributed by atoms with Gasteiger partial charge in [0.05, 0.1) is 12.7 Å². The number of amides is 1. The van der Waals surface area contributed by atoms with Gasteiger partial charge in [-0.2, -0.15) is 0 Å². The Kier molecular flexibility index (Phi) is 6.65. The molecule has 0 aromatic heterocycles. The molecule has 2 N–H and O–H groups in total. The molecule has 0 spiro atoms. The fourth-order valence-electron chi connectivity index (χ4n) is 2.12. The van der Waals surface area contributed by atoms with Crippen molar-refractivity contribution in [1.29, 1.82) is 0 Å². The molecule has 0 heterocycles. The largest absolute Gasteiger partial charge is 0.484 e. The van der Waals surface area contributed by atoms with Crippen LogP contribution >= 0.6 is 0 Å². The van der Waals surface area contributed by atoms with Crippen molar-refractivity contribution in [2.75, 3.05) is 26.1 Å². The van der Waals surface area contributed by atoms with Gasteiger partial charge in [-0.1, -0.05) is 6.07 Å². The lowest BCUT2D eigenvalue weighted by molar-refractivity contribution is -0.118. The maximum absolute atomic E-state index is 12.9. The highest BCUT2D eigenvalue weighted by Gasteiger charge is 2.17. The topological polar surface area (TPSA) is 94.1 Å². The zero-order valence-electron chi connectivity index (χ0n) is 14.2. The Morgan fingerprint density at radius 2 is 1.85 bits per heavy atom. The van der Waals surface area contributed by atoms with Gasteiger partial charge in [-0.3, -0.25) is 4.79 Å². The number of carbonyl (C=O) groups is 2. The van der Waals surface area contributed by atoms with Crippen molar-refractivity contribution in [3.8, 4) is 5.75 Å². The average molecular weight is 363 g/mol. The highest BCUT2D eigenvalue weighted by atomic mass is 19.1. The summed E-state index contributed by atoms with van der Waals surface area (Å²) >= 11 is 0. The van der Waals surface area contributed by atoms with E-state index in [1.807, 2.05) is 0 Å². The third-order valence-corrected chi connectivity index (χ3v) is 3.42. The fraction of sp³-hybridized carbons (Fsp3) is 0.222. The Morgan fingerprint density at radius 1 is 1.15 bits per heavy atom. The zero-order valence-corrected chi connectivity index (χ0v) is 14.2. The van der Waals surface area contributed by atoms with Gasteiger partial charge in [0.2, 0.25) is 0 Å². The number of halogens is 1. The molecule has 0 saturated heterocycles. The smallest absolute Gasteiger partial charge is 0.337 e. The summed E-state index contributed by atoms with van der Waals surface area (Å²) in [5.74, 6) is -1.23. The first kappa shape index (κ1) is 19.4. The van der Waals surface area contributed by atoms with Gasteiger partial charge in [0, 0.05) is 18.4 Å². The average Bonchev–Trinajstić information content (AvgIpc) is 2.66. The summed E-state index contributed by atoms with van der Waals surface area (Å²) < 4.78 is 27.6. The van der Waals surface area contributed by atoms with Crippen molar-refractivity contribution in [3.05, 3.63) is 59.4 Å². The number of esters is 1. The molecule has 8 heteroatoms. The van der Waals surface area contributed by atoms with Crippen LogP contribution < -0.4 is 10.1 Å². The van der Waals surface area contributed by atoms with Crippen molar-refractivity contribution in [1.82, 2.24) is 0 Å². The minimum atomic E-state index is -1.30. The number of aliphatic hydroxyl groups excluding tert-OH is 1. The van der Waals surface area contributed by atoms with E-state index in [4.69, 9.17) is 9.47 Å². The molecule has 2 aromatic carbocycles. The first-order valence-corrected chi connectivity index (χ1v) is 7.56. The second-order valence-corrected chi connectivity index (χ2v) is 5.17. The summed E-state index contributed by atoms with van der Waals surface area (Å²) in [4.78, 5) is 23.8. The van der Waals surface area contributed by atoms with Gasteiger partial charge in [-0.25, -0.2) is 9.18 Å². The lowest BCUT2D eigenvalue weighted by atomic mass is 10.1. The third-order valence-electron chi connectivity index (χ3n) is 3.42. The number of methoxy groups -OCH3 is 2. The van der Waals surface area contributed by atoms with Crippen molar-refractivity contribution in [2.24, 2.45) is 0 Å². The Balaban J connectivity index is 2.12. The molecule has 0 saturated carbocycles. The number of carbonyl (C=O) groups excluding carboxylic acids is 2. The van der Waals surface area contributed by atoms with Gasteiger partial charge in [0.25, 0.3) is 5.91 Å². The van der Waals surface area contributed by atoms with Crippen molar-refractivity contribution >= 4 is 17.6 Å². The van der Waals surface area contributed by atoms with Gasteiger partial charge in [-0.15, -0.1) is 0 Å². The Labute approximate surface area is 149 Å². The zero-order chi connectivity index (χ0) is 19.1. The van der Waals surface area contributed by atoms with E-state index >= 15 is 0 Å². The Bertz CT molecular complexity index is 778. The molecule has 0 bridgehead atoms. The maximum atomic E-state index is 12.9. The molecule has 26 heavy (non-hydrogen) atoms. The lowest BCUT2D eigenvalue weighted by Crippen LogP contribution is -2.22. The summed E-state index contributed by atoms with van der Waals surface area (Å²) in [7, 11) is 2.52. The third kappa shape index (κ3) is 5.01. The second kappa shape index (κ2) is 8.93. The van der Waals surface area contributed by atoms with Crippen LogP contribution in [0.2, 0.25) is 0 Å². The highest BCUT2D eigenvalue weighted by Crippen LogP contribution is 2.25. The summed E-state index contributed by atoms with van der Waals surface area (Å²) in [5.41, 5.74) is 0.625. The van der Waals surface area contributed by atoms with Crippen LogP contribution in [-0.2, 0) is 14.3 Å². The van der Waals surface area contributed by atoms with Crippen molar-refractivity contribution < 1.29 is 33.3 Å². The number of rotatable bonds is 7. The van der Waals surface area contributed by atoms with E-state index in [1.54, 1.807) is 0 Å². The maximum Gasteiger partial charge on any atom is 0.337 e. The molecule has 1 atom stereocenters. The van der Waals surface area contributed by atoms with Crippen LogP contribution in [-0.4, -0.2) is 37.8 Å². The Hall–Kier alpha value is -2.97. The molecule has 2 rings (SSSR count). The van der Waals surface area contributed by atoms with Gasteiger partial charge < -0.3 is 24.6 Å². The number of nitrogens with one attached hydrogen (secondary N) is 1. The number of anilines is 1. The first-order chi connectivity index (χ1) is 12.4. The molecule has 0 radical (unpaired) electrons. The molecule has 1 amide bonds. The van der Waals surface area contributed by atoms with Crippen LogP contribution in [0.3, 0.4) is 0 Å². The molecule has 0 fully saturated rings. The van der Waals surface area contributed by atoms with Crippen LogP contribution in [0.15, 0.2) is 42.5 Å². The first-order valence-electron chi connectivity index (χ1n) is 7.56. The van der Waals surface area contributed by atoms with E-state index in [-0.39, 0.29) is 23.4 Å². The van der Waals surface area contributed by atoms with E-state index in [0.717, 1.165) is 0 Å². The van der Waals surface area contributed by atoms with Gasteiger partial charge in [0.1, 0.15) is 11.6 Å². The summed E-state index contributed by atoms with van der Waals surface area (Å²) in [6.45, 7) is -0.351. The minimum absolute atomic E-state index is 0.176. The predicted molar refractivity (Wildman–Crippen MR) is 90.3 cm³/mol. The number of hydrogen-bond acceptors (Lipinski definition) is 6. The number of benzene rings is 2.